The quantitative estimate of drug-likeness (QED) is 0.653. The van der Waals surface area contributed by atoms with Gasteiger partial charge in [-0.05, 0) is 23.6 Å². The largest absolute Gasteiger partial charge is 0.204 e. The molecule has 0 bridgehead atoms. The Morgan fingerprint density at radius 2 is 1.92 bits per heavy atom. The molecular formula is C10H9F2N. The highest BCUT2D eigenvalue weighted by Crippen LogP contribution is 2.20. The highest BCUT2D eigenvalue weighted by molar-refractivity contribution is 5.36. The van der Waals surface area contributed by atoms with Gasteiger partial charge >= 0.3 is 0 Å². The first-order chi connectivity index (χ1) is 6.06. The molecule has 1 nitrogen and oxygen atoms in total. The fourth-order valence-corrected chi connectivity index (χ4v) is 1.02. The summed E-state index contributed by atoms with van der Waals surface area (Å²) in [5.74, 6) is -1.93. The van der Waals surface area contributed by atoms with E-state index in [1.54, 1.807) is 6.07 Å². The van der Waals surface area contributed by atoms with Crippen molar-refractivity contribution in [1.82, 2.24) is 0 Å². The number of hydrogen-bond acceptors (Lipinski definition) is 1. The van der Waals surface area contributed by atoms with E-state index in [2.05, 4.69) is 0 Å². The number of benzene rings is 1. The van der Waals surface area contributed by atoms with Gasteiger partial charge in [0.15, 0.2) is 11.6 Å². The molecule has 0 aliphatic carbocycles. The minimum atomic E-state index is -1.06. The average molecular weight is 181 g/mol. The molecule has 0 heterocycles. The van der Waals surface area contributed by atoms with Crippen molar-refractivity contribution in [2.75, 3.05) is 0 Å². The van der Waals surface area contributed by atoms with Crippen molar-refractivity contribution in [3.8, 4) is 6.07 Å². The van der Waals surface area contributed by atoms with Crippen LogP contribution in [-0.2, 0) is 0 Å². The minimum Gasteiger partial charge on any atom is -0.204 e. The predicted octanol–water partition coefficient (Wildman–Crippen LogP) is 2.96. The molecule has 0 atom stereocenters. The summed E-state index contributed by atoms with van der Waals surface area (Å²) in [6.45, 7) is 3.71. The van der Waals surface area contributed by atoms with Gasteiger partial charge < -0.3 is 0 Å². The molecule has 13 heavy (non-hydrogen) atoms. The summed E-state index contributed by atoms with van der Waals surface area (Å²) in [5, 5.41) is 8.49. The van der Waals surface area contributed by atoms with E-state index in [0.717, 1.165) is 6.07 Å². The molecule has 0 spiro atoms. The van der Waals surface area contributed by atoms with Crippen molar-refractivity contribution in [2.24, 2.45) is 0 Å². The summed E-state index contributed by atoms with van der Waals surface area (Å²) >= 11 is 0. The molecule has 0 aliphatic heterocycles. The van der Waals surface area contributed by atoms with Crippen molar-refractivity contribution < 1.29 is 8.78 Å². The fourth-order valence-electron chi connectivity index (χ4n) is 1.02. The zero-order valence-electron chi connectivity index (χ0n) is 7.44. The molecule has 3 heteroatoms. The third kappa shape index (κ3) is 1.83. The molecule has 1 aromatic carbocycles. The number of nitrogens with zero attached hydrogens (tertiary/aromatic N) is 1. The maximum Gasteiger partial charge on any atom is 0.176 e. The van der Waals surface area contributed by atoms with Crippen LogP contribution in [-0.4, -0.2) is 0 Å². The molecule has 0 saturated heterocycles. The molecule has 0 radical (unpaired) electrons. The molecule has 0 unspecified atom stereocenters. The van der Waals surface area contributed by atoms with Gasteiger partial charge in [-0.2, -0.15) is 5.26 Å². The van der Waals surface area contributed by atoms with Crippen molar-refractivity contribution in [1.29, 1.82) is 5.26 Å². The first-order valence-corrected chi connectivity index (χ1v) is 3.95. The van der Waals surface area contributed by atoms with Gasteiger partial charge in [0.2, 0.25) is 0 Å². The lowest BCUT2D eigenvalue weighted by Gasteiger charge is -2.06. The second kappa shape index (κ2) is 3.53. The van der Waals surface area contributed by atoms with Gasteiger partial charge in [0.1, 0.15) is 6.07 Å². The van der Waals surface area contributed by atoms with Crippen molar-refractivity contribution in [3.05, 3.63) is 34.9 Å². The van der Waals surface area contributed by atoms with Crippen molar-refractivity contribution in [2.45, 2.75) is 19.8 Å². The standard InChI is InChI=1S/C10H9F2N/c1-6(2)7-3-8(5-13)10(12)9(11)4-7/h3-4,6H,1-2H3. The third-order valence-corrected chi connectivity index (χ3v) is 1.84. The summed E-state index contributed by atoms with van der Waals surface area (Å²) in [6, 6.07) is 4.12. The Labute approximate surface area is 75.6 Å². The maximum atomic E-state index is 12.9. The van der Waals surface area contributed by atoms with Gasteiger partial charge in [-0.15, -0.1) is 0 Å². The lowest BCUT2D eigenvalue weighted by Crippen LogP contribution is -1.95. The number of nitriles is 1. The van der Waals surface area contributed by atoms with E-state index >= 15 is 0 Å². The lowest BCUT2D eigenvalue weighted by atomic mass is 10.0. The van der Waals surface area contributed by atoms with Crippen LogP contribution in [0.1, 0.15) is 30.9 Å². The van der Waals surface area contributed by atoms with E-state index in [-0.39, 0.29) is 11.5 Å². The second-order valence-corrected chi connectivity index (χ2v) is 3.13. The molecule has 68 valence electrons. The van der Waals surface area contributed by atoms with Gasteiger partial charge in [-0.1, -0.05) is 13.8 Å². The van der Waals surface area contributed by atoms with Crippen LogP contribution in [0.2, 0.25) is 0 Å². The monoisotopic (exact) mass is 181 g/mol. The Balaban J connectivity index is 3.32. The fraction of sp³-hybridized carbons (Fsp3) is 0.300. The van der Waals surface area contributed by atoms with Crippen LogP contribution in [0, 0.1) is 23.0 Å². The summed E-state index contributed by atoms with van der Waals surface area (Å²) in [5.41, 5.74) is 0.402. The van der Waals surface area contributed by atoms with Crippen LogP contribution < -0.4 is 0 Å². The van der Waals surface area contributed by atoms with E-state index in [9.17, 15) is 8.78 Å². The summed E-state index contributed by atoms with van der Waals surface area (Å²) in [4.78, 5) is 0. The molecule has 0 aromatic heterocycles. The van der Waals surface area contributed by atoms with Gasteiger partial charge in [-0.25, -0.2) is 8.78 Å². The van der Waals surface area contributed by atoms with Gasteiger partial charge in [-0.3, -0.25) is 0 Å². The molecule has 1 rings (SSSR count). The highest BCUT2D eigenvalue weighted by Gasteiger charge is 2.11. The Hall–Kier alpha value is -1.43. The van der Waals surface area contributed by atoms with E-state index in [4.69, 9.17) is 5.26 Å². The van der Waals surface area contributed by atoms with E-state index < -0.39 is 11.6 Å². The van der Waals surface area contributed by atoms with E-state index in [0.29, 0.717) is 5.56 Å². The molecule has 0 N–H and O–H groups in total. The van der Waals surface area contributed by atoms with Crippen LogP contribution in [0.15, 0.2) is 12.1 Å². The molecule has 0 amide bonds. The molecule has 0 fully saturated rings. The van der Waals surface area contributed by atoms with Crippen molar-refractivity contribution in [3.63, 3.8) is 0 Å². The SMILES string of the molecule is CC(C)c1cc(F)c(F)c(C#N)c1. The Kier molecular flexibility index (Phi) is 2.62. The number of hydrogen-bond donors (Lipinski definition) is 0. The zero-order chi connectivity index (χ0) is 10.0. The Bertz CT molecular complexity index is 364. The van der Waals surface area contributed by atoms with E-state index in [1.165, 1.54) is 6.07 Å². The highest BCUT2D eigenvalue weighted by atomic mass is 19.2. The minimum absolute atomic E-state index is 0.0854. The van der Waals surface area contributed by atoms with E-state index in [1.807, 2.05) is 13.8 Å². The molecular weight excluding hydrogens is 172 g/mol. The van der Waals surface area contributed by atoms with Crippen LogP contribution in [0.4, 0.5) is 8.78 Å². The first kappa shape index (κ1) is 9.66. The molecule has 0 saturated carbocycles. The average Bonchev–Trinajstić information content (AvgIpc) is 2.09. The smallest absolute Gasteiger partial charge is 0.176 e. The summed E-state index contributed by atoms with van der Waals surface area (Å²) in [6.07, 6.45) is 0. The second-order valence-electron chi connectivity index (χ2n) is 3.13. The van der Waals surface area contributed by atoms with Gasteiger partial charge in [0.05, 0.1) is 5.56 Å². The van der Waals surface area contributed by atoms with Crippen LogP contribution in [0.3, 0.4) is 0 Å². The Morgan fingerprint density at radius 3 is 2.38 bits per heavy atom. The molecule has 0 aliphatic rings. The topological polar surface area (TPSA) is 23.8 Å². The van der Waals surface area contributed by atoms with Crippen LogP contribution in [0.5, 0.6) is 0 Å². The number of rotatable bonds is 1. The molecule has 1 aromatic rings. The van der Waals surface area contributed by atoms with Crippen LogP contribution in [0.25, 0.3) is 0 Å². The third-order valence-electron chi connectivity index (χ3n) is 1.84. The summed E-state index contributed by atoms with van der Waals surface area (Å²) in [7, 11) is 0. The van der Waals surface area contributed by atoms with Gasteiger partial charge in [0, 0.05) is 0 Å². The lowest BCUT2D eigenvalue weighted by molar-refractivity contribution is 0.504. The number of halogens is 2. The van der Waals surface area contributed by atoms with Gasteiger partial charge in [0.25, 0.3) is 0 Å². The summed E-state index contributed by atoms with van der Waals surface area (Å²) < 4.78 is 25.7. The normalized spacial score (nSPS) is 10.2. The first-order valence-electron chi connectivity index (χ1n) is 3.95. The van der Waals surface area contributed by atoms with Crippen molar-refractivity contribution >= 4 is 0 Å². The maximum absolute atomic E-state index is 12.9. The predicted molar refractivity (Wildman–Crippen MR) is 45.2 cm³/mol. The zero-order valence-corrected chi connectivity index (χ0v) is 7.44. The Morgan fingerprint density at radius 1 is 1.31 bits per heavy atom. The van der Waals surface area contributed by atoms with Crippen LogP contribution >= 0.6 is 0 Å².